The maximum absolute atomic E-state index is 4.84. The van der Waals surface area contributed by atoms with Gasteiger partial charge in [-0.15, -0.1) is 24.0 Å². The highest BCUT2D eigenvalue weighted by atomic mass is 127. The van der Waals surface area contributed by atoms with Crippen LogP contribution in [0.1, 0.15) is 51.9 Å². The molecule has 1 unspecified atom stereocenters. The van der Waals surface area contributed by atoms with Gasteiger partial charge in [0.1, 0.15) is 0 Å². The van der Waals surface area contributed by atoms with Crippen LogP contribution in [-0.4, -0.2) is 49.1 Å². The van der Waals surface area contributed by atoms with E-state index in [0.29, 0.717) is 6.04 Å². The molecule has 3 rings (SSSR count). The zero-order valence-corrected chi connectivity index (χ0v) is 15.6. The molecule has 0 spiro atoms. The lowest BCUT2D eigenvalue weighted by atomic mass is 10.1. The van der Waals surface area contributed by atoms with Crippen LogP contribution in [0, 0.1) is 5.92 Å². The predicted molar refractivity (Wildman–Crippen MR) is 99.5 cm³/mol. The van der Waals surface area contributed by atoms with Crippen LogP contribution in [0.4, 0.5) is 0 Å². The van der Waals surface area contributed by atoms with Crippen molar-refractivity contribution < 1.29 is 0 Å². The van der Waals surface area contributed by atoms with Crippen molar-refractivity contribution in [1.82, 2.24) is 15.5 Å². The highest BCUT2D eigenvalue weighted by Crippen LogP contribution is 2.31. The van der Waals surface area contributed by atoms with E-state index in [9.17, 15) is 0 Å². The quantitative estimate of drug-likeness (QED) is 0.419. The molecule has 1 saturated heterocycles. The Morgan fingerprint density at radius 2 is 1.90 bits per heavy atom. The molecule has 0 aromatic rings. The summed E-state index contributed by atoms with van der Waals surface area (Å²) in [5.74, 6) is 1.82. The third-order valence-corrected chi connectivity index (χ3v) is 4.93. The topological polar surface area (TPSA) is 39.7 Å². The average Bonchev–Trinajstić information content (AvgIpc) is 2.99. The van der Waals surface area contributed by atoms with E-state index in [-0.39, 0.29) is 24.0 Å². The molecular formula is C16H31IN4. The minimum Gasteiger partial charge on any atom is -0.357 e. The number of guanidine groups is 1. The molecule has 4 nitrogen and oxygen atoms in total. The maximum atomic E-state index is 4.84. The molecule has 0 radical (unpaired) electrons. The summed E-state index contributed by atoms with van der Waals surface area (Å²) in [6.45, 7) is 6.67. The number of aliphatic imine (C=N–C) groups is 1. The second-order valence-corrected chi connectivity index (χ2v) is 6.73. The van der Waals surface area contributed by atoms with Crippen molar-refractivity contribution in [3.63, 3.8) is 0 Å². The standard InChI is InChI=1S/C16H30N4.HI/c1-2-17-16(19-14-5-3-4-6-14)18-11-13-9-10-20(12-13)15-7-8-15;/h13-15H,2-12H2,1H3,(H2,17,18,19);1H. The smallest absolute Gasteiger partial charge is 0.191 e. The number of rotatable bonds is 5. The zero-order chi connectivity index (χ0) is 13.8. The largest absolute Gasteiger partial charge is 0.357 e. The molecule has 21 heavy (non-hydrogen) atoms. The molecule has 2 N–H and O–H groups in total. The van der Waals surface area contributed by atoms with E-state index >= 15 is 0 Å². The summed E-state index contributed by atoms with van der Waals surface area (Å²) < 4.78 is 0. The van der Waals surface area contributed by atoms with Crippen LogP contribution in [0.15, 0.2) is 4.99 Å². The average molecular weight is 406 g/mol. The molecule has 2 aliphatic carbocycles. The molecule has 0 bridgehead atoms. The first kappa shape index (κ1) is 17.3. The molecular weight excluding hydrogens is 375 g/mol. The van der Waals surface area contributed by atoms with E-state index in [1.807, 2.05) is 0 Å². The van der Waals surface area contributed by atoms with Gasteiger partial charge in [0.15, 0.2) is 5.96 Å². The van der Waals surface area contributed by atoms with Gasteiger partial charge in [-0.25, -0.2) is 0 Å². The molecule has 0 aromatic heterocycles. The Balaban J connectivity index is 0.00000161. The van der Waals surface area contributed by atoms with Gasteiger partial charge in [0.25, 0.3) is 0 Å². The van der Waals surface area contributed by atoms with E-state index in [0.717, 1.165) is 31.0 Å². The zero-order valence-electron chi connectivity index (χ0n) is 13.3. The Morgan fingerprint density at radius 3 is 2.57 bits per heavy atom. The van der Waals surface area contributed by atoms with Crippen molar-refractivity contribution in [3.8, 4) is 0 Å². The van der Waals surface area contributed by atoms with Crippen molar-refractivity contribution in [2.24, 2.45) is 10.9 Å². The van der Waals surface area contributed by atoms with Gasteiger partial charge in [-0.3, -0.25) is 4.99 Å². The summed E-state index contributed by atoms with van der Waals surface area (Å²) in [6.07, 6.45) is 9.56. The van der Waals surface area contributed by atoms with E-state index < -0.39 is 0 Å². The minimum absolute atomic E-state index is 0. The second kappa shape index (κ2) is 8.56. The van der Waals surface area contributed by atoms with Gasteiger partial charge in [0, 0.05) is 31.7 Å². The van der Waals surface area contributed by atoms with Gasteiger partial charge < -0.3 is 15.5 Å². The van der Waals surface area contributed by atoms with Gasteiger partial charge in [-0.1, -0.05) is 12.8 Å². The highest BCUT2D eigenvalue weighted by molar-refractivity contribution is 14.0. The number of nitrogens with one attached hydrogen (secondary N) is 2. The maximum Gasteiger partial charge on any atom is 0.191 e. The van der Waals surface area contributed by atoms with Crippen LogP contribution in [0.25, 0.3) is 0 Å². The van der Waals surface area contributed by atoms with Gasteiger partial charge in [-0.05, 0) is 51.5 Å². The molecule has 3 aliphatic rings. The van der Waals surface area contributed by atoms with Crippen LogP contribution in [0.3, 0.4) is 0 Å². The van der Waals surface area contributed by atoms with Crippen LogP contribution >= 0.6 is 24.0 Å². The van der Waals surface area contributed by atoms with Crippen LogP contribution in [-0.2, 0) is 0 Å². The third kappa shape index (κ3) is 5.27. The molecule has 1 atom stereocenters. The molecule has 1 heterocycles. The van der Waals surface area contributed by atoms with Crippen LogP contribution in [0.5, 0.6) is 0 Å². The SMILES string of the molecule is CCNC(=NCC1CCN(C2CC2)C1)NC1CCCC1.I. The number of halogens is 1. The van der Waals surface area contributed by atoms with Crippen molar-refractivity contribution >= 4 is 29.9 Å². The van der Waals surface area contributed by atoms with Crippen LogP contribution < -0.4 is 10.6 Å². The fraction of sp³-hybridized carbons (Fsp3) is 0.938. The van der Waals surface area contributed by atoms with Crippen LogP contribution in [0.2, 0.25) is 0 Å². The van der Waals surface area contributed by atoms with Crippen molar-refractivity contribution in [1.29, 1.82) is 0 Å². The Hall–Kier alpha value is -0.0400. The van der Waals surface area contributed by atoms with Gasteiger partial charge in [0.2, 0.25) is 0 Å². The Labute approximate surface area is 146 Å². The third-order valence-electron chi connectivity index (χ3n) is 4.93. The molecule has 5 heteroatoms. The van der Waals surface area contributed by atoms with Crippen molar-refractivity contribution in [2.75, 3.05) is 26.2 Å². The summed E-state index contributed by atoms with van der Waals surface area (Å²) in [6, 6.07) is 1.58. The number of nitrogens with zero attached hydrogens (tertiary/aromatic N) is 2. The summed E-state index contributed by atoms with van der Waals surface area (Å²) in [5.41, 5.74) is 0. The predicted octanol–water partition coefficient (Wildman–Crippen LogP) is 2.59. The second-order valence-electron chi connectivity index (χ2n) is 6.73. The first-order valence-electron chi connectivity index (χ1n) is 8.64. The molecule has 3 fully saturated rings. The van der Waals surface area contributed by atoms with E-state index in [1.54, 1.807) is 0 Å². The Morgan fingerprint density at radius 1 is 1.14 bits per heavy atom. The summed E-state index contributed by atoms with van der Waals surface area (Å²) in [4.78, 5) is 7.52. The highest BCUT2D eigenvalue weighted by Gasteiger charge is 2.34. The molecule has 122 valence electrons. The fourth-order valence-electron chi connectivity index (χ4n) is 3.59. The van der Waals surface area contributed by atoms with E-state index in [4.69, 9.17) is 4.99 Å². The normalized spacial score (nSPS) is 27.7. The first-order chi connectivity index (χ1) is 9.85. The lowest BCUT2D eigenvalue weighted by Crippen LogP contribution is -2.42. The molecule has 2 saturated carbocycles. The number of hydrogen-bond donors (Lipinski definition) is 2. The summed E-state index contributed by atoms with van der Waals surface area (Å²) in [5, 5.41) is 7.02. The number of likely N-dealkylation sites (tertiary alicyclic amines) is 1. The first-order valence-corrected chi connectivity index (χ1v) is 8.64. The van der Waals surface area contributed by atoms with Crippen molar-refractivity contribution in [3.05, 3.63) is 0 Å². The van der Waals surface area contributed by atoms with Gasteiger partial charge >= 0.3 is 0 Å². The lowest BCUT2D eigenvalue weighted by molar-refractivity contribution is 0.315. The monoisotopic (exact) mass is 406 g/mol. The summed E-state index contributed by atoms with van der Waals surface area (Å²) >= 11 is 0. The Bertz CT molecular complexity index is 337. The van der Waals surface area contributed by atoms with Gasteiger partial charge in [-0.2, -0.15) is 0 Å². The van der Waals surface area contributed by atoms with Gasteiger partial charge in [0.05, 0.1) is 0 Å². The molecule has 0 amide bonds. The summed E-state index contributed by atoms with van der Waals surface area (Å²) in [7, 11) is 0. The van der Waals surface area contributed by atoms with Crippen molar-refractivity contribution in [2.45, 2.75) is 64.0 Å². The minimum atomic E-state index is 0. The molecule has 1 aliphatic heterocycles. The van der Waals surface area contributed by atoms with E-state index in [2.05, 4.69) is 22.5 Å². The lowest BCUT2D eigenvalue weighted by Gasteiger charge is -2.18. The fourth-order valence-corrected chi connectivity index (χ4v) is 3.59. The number of hydrogen-bond acceptors (Lipinski definition) is 2. The molecule has 0 aromatic carbocycles. The Kier molecular flexibility index (Phi) is 7.05. The van der Waals surface area contributed by atoms with E-state index in [1.165, 1.54) is 58.0 Å².